The van der Waals surface area contributed by atoms with Crippen molar-refractivity contribution in [1.29, 1.82) is 0 Å². The Morgan fingerprint density at radius 2 is 2.05 bits per heavy atom. The maximum Gasteiger partial charge on any atom is 0.337 e. The lowest BCUT2D eigenvalue weighted by molar-refractivity contribution is 0.0698. The lowest BCUT2D eigenvalue weighted by Crippen LogP contribution is -2.16. The van der Waals surface area contributed by atoms with E-state index >= 15 is 0 Å². The van der Waals surface area contributed by atoms with Crippen molar-refractivity contribution in [3.05, 3.63) is 46.8 Å². The van der Waals surface area contributed by atoms with E-state index in [2.05, 4.69) is 15.5 Å². The van der Waals surface area contributed by atoms with Crippen molar-refractivity contribution in [1.82, 2.24) is 10.2 Å². The molecular formula is C13H13N3O3. The van der Waals surface area contributed by atoms with Gasteiger partial charge < -0.3 is 10.4 Å². The topological polar surface area (TPSA) is 95.1 Å². The minimum absolute atomic E-state index is 0.0561. The molecule has 0 radical (unpaired) electrons. The molecule has 0 aliphatic heterocycles. The third-order valence-electron chi connectivity index (χ3n) is 2.68. The second-order valence-corrected chi connectivity index (χ2v) is 4.19. The Bertz CT molecular complexity index is 646. The molecule has 0 aliphatic carbocycles. The van der Waals surface area contributed by atoms with E-state index in [1.165, 1.54) is 6.07 Å². The van der Waals surface area contributed by atoms with Gasteiger partial charge in [-0.3, -0.25) is 9.89 Å². The molecule has 6 nitrogen and oxygen atoms in total. The van der Waals surface area contributed by atoms with Crippen molar-refractivity contribution in [3.63, 3.8) is 0 Å². The monoisotopic (exact) mass is 259 g/mol. The number of carboxylic acids is 1. The molecule has 0 atom stereocenters. The number of H-pyrrole nitrogens is 1. The van der Waals surface area contributed by atoms with Crippen molar-refractivity contribution < 1.29 is 14.7 Å². The molecule has 0 aliphatic rings. The first-order valence-electron chi connectivity index (χ1n) is 5.65. The van der Waals surface area contributed by atoms with Gasteiger partial charge in [-0.15, -0.1) is 0 Å². The Hall–Kier alpha value is -2.63. The number of carboxylic acid groups (broad SMARTS) is 1. The predicted octanol–water partition coefficient (Wildman–Crippen LogP) is 1.98. The smallest absolute Gasteiger partial charge is 0.337 e. The van der Waals surface area contributed by atoms with Crippen LogP contribution in [0.25, 0.3) is 0 Å². The normalized spacial score (nSPS) is 10.2. The number of nitrogens with zero attached hydrogens (tertiary/aromatic N) is 1. The summed E-state index contributed by atoms with van der Waals surface area (Å²) in [7, 11) is 0. The Balaban J connectivity index is 2.33. The van der Waals surface area contributed by atoms with Crippen molar-refractivity contribution in [2.45, 2.75) is 13.8 Å². The first-order valence-corrected chi connectivity index (χ1v) is 5.65. The summed E-state index contributed by atoms with van der Waals surface area (Å²) in [6.07, 6.45) is 0. The van der Waals surface area contributed by atoms with Crippen LogP contribution >= 0.6 is 0 Å². The number of nitrogens with one attached hydrogen (secondary N) is 2. The van der Waals surface area contributed by atoms with Crippen molar-refractivity contribution in [2.24, 2.45) is 0 Å². The van der Waals surface area contributed by atoms with E-state index in [1.807, 2.05) is 0 Å². The Morgan fingerprint density at radius 1 is 1.32 bits per heavy atom. The van der Waals surface area contributed by atoms with Gasteiger partial charge in [-0.25, -0.2) is 4.79 Å². The largest absolute Gasteiger partial charge is 0.478 e. The number of rotatable bonds is 3. The summed E-state index contributed by atoms with van der Waals surface area (Å²) in [6.45, 7) is 3.51. The summed E-state index contributed by atoms with van der Waals surface area (Å²) in [5.74, 6) is -1.53. The lowest BCUT2D eigenvalue weighted by Gasteiger charge is -2.10. The summed E-state index contributed by atoms with van der Waals surface area (Å²) in [6, 6.07) is 6.40. The molecule has 2 rings (SSSR count). The van der Waals surface area contributed by atoms with Gasteiger partial charge in [-0.1, -0.05) is 12.1 Å². The molecule has 0 saturated heterocycles. The van der Waals surface area contributed by atoms with E-state index in [9.17, 15) is 9.59 Å². The first kappa shape index (κ1) is 12.8. The second kappa shape index (κ2) is 4.93. The third-order valence-corrected chi connectivity index (χ3v) is 2.68. The van der Waals surface area contributed by atoms with Crippen LogP contribution in [0.15, 0.2) is 24.3 Å². The van der Waals surface area contributed by atoms with Gasteiger partial charge in [0.05, 0.1) is 11.3 Å². The van der Waals surface area contributed by atoms with Crippen LogP contribution in [0.2, 0.25) is 0 Å². The third kappa shape index (κ3) is 2.62. The van der Waals surface area contributed by atoms with Crippen LogP contribution in [0.1, 0.15) is 32.1 Å². The number of hydrogen-bond donors (Lipinski definition) is 3. The Morgan fingerprint density at radius 3 is 2.63 bits per heavy atom. The van der Waals surface area contributed by atoms with Crippen LogP contribution in [0.3, 0.4) is 0 Å². The zero-order valence-electron chi connectivity index (χ0n) is 10.5. The molecular weight excluding hydrogens is 246 g/mol. The number of hydrogen-bond acceptors (Lipinski definition) is 3. The number of aromatic nitrogens is 2. The quantitative estimate of drug-likeness (QED) is 0.785. The zero-order valence-corrected chi connectivity index (χ0v) is 10.5. The highest BCUT2D eigenvalue weighted by Crippen LogP contribution is 2.21. The summed E-state index contributed by atoms with van der Waals surface area (Å²) in [5, 5.41) is 18.2. The van der Waals surface area contributed by atoms with Crippen molar-refractivity contribution in [3.8, 4) is 0 Å². The fourth-order valence-corrected chi connectivity index (χ4v) is 1.72. The van der Waals surface area contributed by atoms with Crippen LogP contribution < -0.4 is 5.32 Å². The van der Waals surface area contributed by atoms with E-state index in [0.29, 0.717) is 11.3 Å². The number of carbonyl (C=O) groups is 2. The van der Waals surface area contributed by atoms with Crippen LogP contribution in [-0.2, 0) is 0 Å². The maximum absolute atomic E-state index is 12.0. The van der Waals surface area contributed by atoms with E-state index in [1.54, 1.807) is 32.0 Å². The van der Waals surface area contributed by atoms with Crippen LogP contribution in [0, 0.1) is 13.8 Å². The number of aromatic carboxylic acids is 1. The average molecular weight is 259 g/mol. The number of benzene rings is 1. The molecule has 0 unspecified atom stereocenters. The predicted molar refractivity (Wildman–Crippen MR) is 69.4 cm³/mol. The highest BCUT2D eigenvalue weighted by molar-refractivity contribution is 6.07. The number of aryl methyl sites for hydroxylation is 2. The molecule has 19 heavy (non-hydrogen) atoms. The first-order chi connectivity index (χ1) is 8.99. The number of aromatic amines is 1. The maximum atomic E-state index is 12.0. The highest BCUT2D eigenvalue weighted by atomic mass is 16.4. The summed E-state index contributed by atoms with van der Waals surface area (Å²) >= 11 is 0. The SMILES string of the molecule is Cc1cc(C(=O)Nc2c(C)cccc2C(=O)O)n[nH]1. The van der Waals surface area contributed by atoms with Gasteiger partial charge in [0.25, 0.3) is 5.91 Å². The number of para-hydroxylation sites is 1. The second-order valence-electron chi connectivity index (χ2n) is 4.19. The van der Waals surface area contributed by atoms with Crippen molar-refractivity contribution >= 4 is 17.6 Å². The molecule has 1 amide bonds. The van der Waals surface area contributed by atoms with E-state index < -0.39 is 11.9 Å². The molecule has 3 N–H and O–H groups in total. The highest BCUT2D eigenvalue weighted by Gasteiger charge is 2.16. The summed E-state index contributed by atoms with van der Waals surface area (Å²) in [5.41, 5.74) is 2.01. The van der Waals surface area contributed by atoms with E-state index in [-0.39, 0.29) is 11.3 Å². The van der Waals surface area contributed by atoms with Gasteiger partial charge >= 0.3 is 5.97 Å². The van der Waals surface area contributed by atoms with Gasteiger partial charge in [-0.2, -0.15) is 5.10 Å². The minimum atomic E-state index is -1.09. The molecule has 0 spiro atoms. The molecule has 1 aromatic carbocycles. The fourth-order valence-electron chi connectivity index (χ4n) is 1.72. The zero-order chi connectivity index (χ0) is 14.0. The van der Waals surface area contributed by atoms with Gasteiger partial charge in [0.2, 0.25) is 0 Å². The van der Waals surface area contributed by atoms with Crippen LogP contribution in [0.5, 0.6) is 0 Å². The average Bonchev–Trinajstić information content (AvgIpc) is 2.78. The van der Waals surface area contributed by atoms with Gasteiger partial charge in [0.1, 0.15) is 0 Å². The molecule has 0 fully saturated rings. The van der Waals surface area contributed by atoms with E-state index in [0.717, 1.165) is 5.69 Å². The standard InChI is InChI=1S/C13H13N3O3/c1-7-4-3-5-9(13(18)19)11(7)14-12(17)10-6-8(2)15-16-10/h3-6H,1-2H3,(H,14,17)(H,15,16)(H,18,19). The van der Waals surface area contributed by atoms with Gasteiger partial charge in [-0.05, 0) is 31.5 Å². The summed E-state index contributed by atoms with van der Waals surface area (Å²) in [4.78, 5) is 23.1. The number of amides is 1. The van der Waals surface area contributed by atoms with E-state index in [4.69, 9.17) is 5.11 Å². The van der Waals surface area contributed by atoms with Crippen LogP contribution in [0.4, 0.5) is 5.69 Å². The Kier molecular flexibility index (Phi) is 3.33. The van der Waals surface area contributed by atoms with Crippen molar-refractivity contribution in [2.75, 3.05) is 5.32 Å². The molecule has 0 bridgehead atoms. The van der Waals surface area contributed by atoms with Crippen LogP contribution in [-0.4, -0.2) is 27.2 Å². The number of anilines is 1. The fraction of sp³-hybridized carbons (Fsp3) is 0.154. The molecule has 98 valence electrons. The Labute approximate surface area is 109 Å². The molecule has 6 heteroatoms. The van der Waals surface area contributed by atoms with Gasteiger partial charge in [0.15, 0.2) is 5.69 Å². The van der Waals surface area contributed by atoms with Gasteiger partial charge in [0, 0.05) is 5.69 Å². The lowest BCUT2D eigenvalue weighted by atomic mass is 10.1. The molecule has 1 aromatic heterocycles. The molecule has 0 saturated carbocycles. The number of carbonyl (C=O) groups excluding carboxylic acids is 1. The molecule has 2 aromatic rings. The summed E-state index contributed by atoms with van der Waals surface area (Å²) < 4.78 is 0. The minimum Gasteiger partial charge on any atom is -0.478 e. The molecule has 1 heterocycles.